The number of hydrogen-bond donors (Lipinski definition) is 1. The van der Waals surface area contributed by atoms with Crippen LogP contribution in [-0.4, -0.2) is 26.2 Å². The second-order valence-electron chi connectivity index (χ2n) is 4.02. The summed E-state index contributed by atoms with van der Waals surface area (Å²) in [4.78, 5) is 11.4. The van der Waals surface area contributed by atoms with Crippen molar-refractivity contribution < 1.29 is 14.3 Å². The van der Waals surface area contributed by atoms with E-state index in [1.54, 1.807) is 7.11 Å². The van der Waals surface area contributed by atoms with Crippen molar-refractivity contribution in [3.05, 3.63) is 29.8 Å². The van der Waals surface area contributed by atoms with E-state index in [9.17, 15) is 4.79 Å². The van der Waals surface area contributed by atoms with Gasteiger partial charge in [-0.1, -0.05) is 31.5 Å². The number of para-hydroxylation sites is 1. The highest BCUT2D eigenvalue weighted by molar-refractivity contribution is 5.75. The Hall–Kier alpha value is -1.55. The van der Waals surface area contributed by atoms with Crippen LogP contribution in [0.5, 0.6) is 0 Å². The average Bonchev–Trinajstić information content (AvgIpc) is 2.38. The Bertz CT molecular complexity index is 366. The van der Waals surface area contributed by atoms with Gasteiger partial charge in [-0.15, -0.1) is 0 Å². The van der Waals surface area contributed by atoms with Gasteiger partial charge in [-0.05, 0) is 12.5 Å². The number of nitrogens with one attached hydrogen (secondary N) is 1. The van der Waals surface area contributed by atoms with Gasteiger partial charge >= 0.3 is 5.97 Å². The van der Waals surface area contributed by atoms with Crippen LogP contribution in [0.15, 0.2) is 24.3 Å². The molecule has 0 fully saturated rings. The molecule has 18 heavy (non-hydrogen) atoms. The van der Waals surface area contributed by atoms with Gasteiger partial charge in [-0.2, -0.15) is 0 Å². The topological polar surface area (TPSA) is 47.6 Å². The predicted molar refractivity (Wildman–Crippen MR) is 71.5 cm³/mol. The molecule has 0 aliphatic carbocycles. The van der Waals surface area contributed by atoms with Crippen molar-refractivity contribution in [2.75, 3.05) is 25.6 Å². The minimum Gasteiger partial charge on any atom is -0.464 e. The van der Waals surface area contributed by atoms with Crippen LogP contribution >= 0.6 is 0 Å². The van der Waals surface area contributed by atoms with Gasteiger partial charge in [-0.25, -0.2) is 0 Å². The quantitative estimate of drug-likeness (QED) is 0.570. The summed E-state index contributed by atoms with van der Waals surface area (Å²) < 4.78 is 10.2. The van der Waals surface area contributed by atoms with Crippen LogP contribution in [0.3, 0.4) is 0 Å². The molecule has 0 saturated heterocycles. The Morgan fingerprint density at radius 2 is 2.11 bits per heavy atom. The smallest absolute Gasteiger partial charge is 0.325 e. The molecule has 0 unspecified atom stereocenters. The third kappa shape index (κ3) is 5.19. The molecule has 1 aromatic rings. The molecular weight excluding hydrogens is 230 g/mol. The zero-order valence-corrected chi connectivity index (χ0v) is 11.1. The lowest BCUT2D eigenvalue weighted by molar-refractivity contribution is -0.141. The number of carbonyl (C=O) groups is 1. The molecule has 1 N–H and O–H groups in total. The van der Waals surface area contributed by atoms with E-state index in [1.807, 2.05) is 24.3 Å². The first-order valence-electron chi connectivity index (χ1n) is 6.24. The minimum atomic E-state index is -0.226. The molecule has 100 valence electrons. The summed E-state index contributed by atoms with van der Waals surface area (Å²) in [5.41, 5.74) is 1.94. The van der Waals surface area contributed by atoms with E-state index in [0.717, 1.165) is 24.1 Å². The minimum absolute atomic E-state index is 0.185. The molecule has 0 aliphatic heterocycles. The highest BCUT2D eigenvalue weighted by Gasteiger charge is 2.05. The van der Waals surface area contributed by atoms with Crippen molar-refractivity contribution in [1.29, 1.82) is 0 Å². The highest BCUT2D eigenvalue weighted by atomic mass is 16.5. The maximum atomic E-state index is 11.4. The molecule has 4 nitrogen and oxygen atoms in total. The number of esters is 1. The largest absolute Gasteiger partial charge is 0.464 e. The SMILES string of the molecule is CCCCOC(=O)CNc1ccccc1COC. The van der Waals surface area contributed by atoms with E-state index in [-0.39, 0.29) is 12.5 Å². The van der Waals surface area contributed by atoms with Gasteiger partial charge in [0.05, 0.1) is 13.2 Å². The molecule has 0 spiro atoms. The summed E-state index contributed by atoms with van der Waals surface area (Å²) in [6.45, 7) is 3.27. The fraction of sp³-hybridized carbons (Fsp3) is 0.500. The van der Waals surface area contributed by atoms with Crippen molar-refractivity contribution >= 4 is 11.7 Å². The summed E-state index contributed by atoms with van der Waals surface area (Å²) >= 11 is 0. The van der Waals surface area contributed by atoms with Crippen molar-refractivity contribution in [2.24, 2.45) is 0 Å². The number of unbranched alkanes of at least 4 members (excludes halogenated alkanes) is 1. The summed E-state index contributed by atoms with van der Waals surface area (Å²) in [6.07, 6.45) is 1.93. The van der Waals surface area contributed by atoms with Gasteiger partial charge in [0.25, 0.3) is 0 Å². The summed E-state index contributed by atoms with van der Waals surface area (Å²) in [6, 6.07) is 7.75. The molecule has 1 aromatic carbocycles. The first kappa shape index (κ1) is 14.5. The van der Waals surface area contributed by atoms with Crippen molar-refractivity contribution in [3.8, 4) is 0 Å². The number of hydrogen-bond acceptors (Lipinski definition) is 4. The first-order chi connectivity index (χ1) is 8.77. The number of methoxy groups -OCH3 is 1. The molecule has 0 aliphatic rings. The lowest BCUT2D eigenvalue weighted by atomic mass is 10.2. The molecule has 0 atom stereocenters. The van der Waals surface area contributed by atoms with Gasteiger partial charge in [0, 0.05) is 18.4 Å². The monoisotopic (exact) mass is 251 g/mol. The van der Waals surface area contributed by atoms with Crippen LogP contribution in [0.4, 0.5) is 5.69 Å². The van der Waals surface area contributed by atoms with Crippen LogP contribution in [0.1, 0.15) is 25.3 Å². The fourth-order valence-corrected chi connectivity index (χ4v) is 1.52. The van der Waals surface area contributed by atoms with E-state index in [0.29, 0.717) is 13.2 Å². The van der Waals surface area contributed by atoms with Crippen molar-refractivity contribution in [2.45, 2.75) is 26.4 Å². The van der Waals surface area contributed by atoms with Crippen molar-refractivity contribution in [3.63, 3.8) is 0 Å². The van der Waals surface area contributed by atoms with Crippen LogP contribution in [0.2, 0.25) is 0 Å². The van der Waals surface area contributed by atoms with E-state index >= 15 is 0 Å². The van der Waals surface area contributed by atoms with Gasteiger partial charge in [0.2, 0.25) is 0 Å². The van der Waals surface area contributed by atoms with Crippen LogP contribution < -0.4 is 5.32 Å². The predicted octanol–water partition coefficient (Wildman–Crippen LogP) is 2.59. The Balaban J connectivity index is 2.40. The molecule has 0 aromatic heterocycles. The Morgan fingerprint density at radius 1 is 1.33 bits per heavy atom. The van der Waals surface area contributed by atoms with Crippen LogP contribution in [-0.2, 0) is 20.9 Å². The zero-order valence-electron chi connectivity index (χ0n) is 11.1. The van der Waals surface area contributed by atoms with Gasteiger partial charge in [0.1, 0.15) is 6.54 Å². The summed E-state index contributed by atoms with van der Waals surface area (Å²) in [7, 11) is 1.65. The second kappa shape index (κ2) is 8.53. The third-order valence-corrected chi connectivity index (χ3v) is 2.50. The lowest BCUT2D eigenvalue weighted by Crippen LogP contribution is -2.18. The molecule has 1 rings (SSSR count). The number of carbonyl (C=O) groups excluding carboxylic acids is 1. The summed E-state index contributed by atoms with van der Waals surface area (Å²) in [5, 5.41) is 3.07. The Labute approximate surface area is 108 Å². The molecule has 0 radical (unpaired) electrons. The third-order valence-electron chi connectivity index (χ3n) is 2.50. The number of benzene rings is 1. The van der Waals surface area contributed by atoms with Crippen LogP contribution in [0.25, 0.3) is 0 Å². The maximum Gasteiger partial charge on any atom is 0.325 e. The second-order valence-corrected chi connectivity index (χ2v) is 4.02. The molecule has 0 bridgehead atoms. The van der Waals surface area contributed by atoms with E-state index in [4.69, 9.17) is 9.47 Å². The normalized spacial score (nSPS) is 10.1. The van der Waals surface area contributed by atoms with E-state index in [1.165, 1.54) is 0 Å². The number of ether oxygens (including phenoxy) is 2. The number of rotatable bonds is 8. The molecule has 4 heteroatoms. The first-order valence-corrected chi connectivity index (χ1v) is 6.24. The highest BCUT2D eigenvalue weighted by Crippen LogP contribution is 2.15. The van der Waals surface area contributed by atoms with E-state index in [2.05, 4.69) is 12.2 Å². The van der Waals surface area contributed by atoms with E-state index < -0.39 is 0 Å². The fourth-order valence-electron chi connectivity index (χ4n) is 1.52. The Kier molecular flexibility index (Phi) is 6.87. The van der Waals surface area contributed by atoms with Crippen molar-refractivity contribution in [1.82, 2.24) is 0 Å². The number of anilines is 1. The maximum absolute atomic E-state index is 11.4. The molecular formula is C14H21NO3. The average molecular weight is 251 g/mol. The standard InChI is InChI=1S/C14H21NO3/c1-3-4-9-18-14(16)10-15-13-8-6-5-7-12(13)11-17-2/h5-8,15H,3-4,9-11H2,1-2H3. The molecule has 0 amide bonds. The van der Waals surface area contributed by atoms with Gasteiger partial charge < -0.3 is 14.8 Å². The summed E-state index contributed by atoms with van der Waals surface area (Å²) in [5.74, 6) is -0.226. The Morgan fingerprint density at radius 3 is 2.83 bits per heavy atom. The lowest BCUT2D eigenvalue weighted by Gasteiger charge is -2.11. The van der Waals surface area contributed by atoms with Gasteiger partial charge in [0.15, 0.2) is 0 Å². The molecule has 0 saturated carbocycles. The van der Waals surface area contributed by atoms with Crippen LogP contribution in [0, 0.1) is 0 Å². The molecule has 0 heterocycles. The zero-order chi connectivity index (χ0) is 13.2. The van der Waals surface area contributed by atoms with Gasteiger partial charge in [-0.3, -0.25) is 4.79 Å².